The highest BCUT2D eigenvalue weighted by molar-refractivity contribution is 7.12. The van der Waals surface area contributed by atoms with E-state index in [4.69, 9.17) is 0 Å². The van der Waals surface area contributed by atoms with E-state index in [1.54, 1.807) is 0 Å². The molecule has 1 N–H and O–H groups in total. The van der Waals surface area contributed by atoms with Gasteiger partial charge >= 0.3 is 0 Å². The Bertz CT molecular complexity index is 289. The molecule has 0 radical (unpaired) electrons. The average molecular weight is 239 g/mol. The molecule has 0 aromatic carbocycles. The molecule has 1 atom stereocenters. The minimum Gasteiger partial charge on any atom is -0.309 e. The summed E-state index contributed by atoms with van der Waals surface area (Å²) in [4.78, 5) is 3.02. The van der Waals surface area contributed by atoms with Crippen LogP contribution in [0.25, 0.3) is 0 Å². The second-order valence-corrected chi connectivity index (χ2v) is 5.47. The number of nitrogens with one attached hydrogen (secondary N) is 1. The zero-order valence-electron chi connectivity index (χ0n) is 11.0. The van der Waals surface area contributed by atoms with Crippen molar-refractivity contribution < 1.29 is 0 Å². The van der Waals surface area contributed by atoms with Gasteiger partial charge in [-0.25, -0.2) is 0 Å². The van der Waals surface area contributed by atoms with Gasteiger partial charge in [0.2, 0.25) is 0 Å². The van der Waals surface area contributed by atoms with E-state index in [1.165, 1.54) is 22.6 Å². The molecular weight excluding hydrogens is 214 g/mol. The number of aryl methyl sites for hydroxylation is 1. The van der Waals surface area contributed by atoms with Crippen molar-refractivity contribution >= 4 is 11.3 Å². The van der Waals surface area contributed by atoms with Crippen LogP contribution in [0.4, 0.5) is 0 Å². The molecule has 0 aliphatic heterocycles. The summed E-state index contributed by atoms with van der Waals surface area (Å²) in [6.45, 7) is 10.1. The van der Waals surface area contributed by atoms with Crippen molar-refractivity contribution in [3.05, 3.63) is 21.9 Å². The Hall–Kier alpha value is -0.340. The summed E-state index contributed by atoms with van der Waals surface area (Å²) in [6, 6.07) is 5.16. The van der Waals surface area contributed by atoms with Gasteiger partial charge in [-0.05, 0) is 31.0 Å². The third-order valence-electron chi connectivity index (χ3n) is 3.28. The van der Waals surface area contributed by atoms with E-state index in [0.29, 0.717) is 6.04 Å². The molecule has 1 unspecified atom stereocenters. The van der Waals surface area contributed by atoms with Crippen molar-refractivity contribution in [3.8, 4) is 0 Å². The van der Waals surface area contributed by atoms with E-state index >= 15 is 0 Å². The molecule has 1 heterocycles. The van der Waals surface area contributed by atoms with Gasteiger partial charge in [0.15, 0.2) is 0 Å². The summed E-state index contributed by atoms with van der Waals surface area (Å²) in [5.74, 6) is 0.767. The predicted octanol–water partition coefficient (Wildman–Crippen LogP) is 4.40. The standard InChI is InChI=1S/C14H25NS/c1-5-11(6-2)14(15-8-4)13-10-9-12(7-3)16-13/h9-11,14-15H,5-8H2,1-4H3. The first-order valence-corrected chi connectivity index (χ1v) is 7.40. The highest BCUT2D eigenvalue weighted by atomic mass is 32.1. The lowest BCUT2D eigenvalue weighted by molar-refractivity contribution is 0.351. The normalized spacial score (nSPS) is 13.3. The van der Waals surface area contributed by atoms with Gasteiger partial charge in [0.1, 0.15) is 0 Å². The Labute approximate surface area is 104 Å². The number of rotatable bonds is 7. The first-order valence-electron chi connectivity index (χ1n) is 6.58. The van der Waals surface area contributed by atoms with Gasteiger partial charge in [0.05, 0.1) is 0 Å². The van der Waals surface area contributed by atoms with Crippen LogP contribution in [0.15, 0.2) is 12.1 Å². The molecule has 1 nitrogen and oxygen atoms in total. The third-order valence-corrected chi connectivity index (χ3v) is 4.59. The average Bonchev–Trinajstić information content (AvgIpc) is 2.77. The molecule has 92 valence electrons. The molecule has 2 heteroatoms. The van der Waals surface area contributed by atoms with Crippen molar-refractivity contribution in [3.63, 3.8) is 0 Å². The summed E-state index contributed by atoms with van der Waals surface area (Å²) in [6.07, 6.45) is 3.67. The van der Waals surface area contributed by atoms with E-state index in [1.807, 2.05) is 11.3 Å². The smallest absolute Gasteiger partial charge is 0.0443 e. The van der Waals surface area contributed by atoms with Crippen LogP contribution in [0.2, 0.25) is 0 Å². The fourth-order valence-corrected chi connectivity index (χ4v) is 3.35. The molecule has 1 aromatic heterocycles. The maximum atomic E-state index is 3.65. The summed E-state index contributed by atoms with van der Waals surface area (Å²) in [5.41, 5.74) is 0. The van der Waals surface area contributed by atoms with Gasteiger partial charge in [0, 0.05) is 15.8 Å². The Kier molecular flexibility index (Phi) is 6.07. The van der Waals surface area contributed by atoms with Crippen LogP contribution < -0.4 is 5.32 Å². The van der Waals surface area contributed by atoms with Crippen LogP contribution in [-0.4, -0.2) is 6.54 Å². The monoisotopic (exact) mass is 239 g/mol. The lowest BCUT2D eigenvalue weighted by atomic mass is 9.93. The minimum atomic E-state index is 0.560. The predicted molar refractivity (Wildman–Crippen MR) is 74.2 cm³/mol. The first-order chi connectivity index (χ1) is 7.76. The largest absolute Gasteiger partial charge is 0.309 e. The van der Waals surface area contributed by atoms with Crippen LogP contribution >= 0.6 is 11.3 Å². The maximum absolute atomic E-state index is 3.65. The molecule has 0 spiro atoms. The summed E-state index contributed by atoms with van der Waals surface area (Å²) in [7, 11) is 0. The second kappa shape index (κ2) is 7.08. The summed E-state index contributed by atoms with van der Waals surface area (Å²) >= 11 is 1.98. The van der Waals surface area contributed by atoms with Gasteiger partial charge in [0.25, 0.3) is 0 Å². The maximum Gasteiger partial charge on any atom is 0.0443 e. The van der Waals surface area contributed by atoms with Crippen LogP contribution in [0.5, 0.6) is 0 Å². The summed E-state index contributed by atoms with van der Waals surface area (Å²) < 4.78 is 0. The van der Waals surface area contributed by atoms with Crippen molar-refractivity contribution in [2.45, 2.75) is 53.0 Å². The van der Waals surface area contributed by atoms with Gasteiger partial charge in [-0.1, -0.05) is 40.5 Å². The van der Waals surface area contributed by atoms with Crippen LogP contribution in [-0.2, 0) is 6.42 Å². The highest BCUT2D eigenvalue weighted by Gasteiger charge is 2.20. The molecule has 0 fully saturated rings. The van der Waals surface area contributed by atoms with Crippen molar-refractivity contribution in [2.75, 3.05) is 6.54 Å². The number of hydrogen-bond acceptors (Lipinski definition) is 2. The van der Waals surface area contributed by atoms with E-state index in [9.17, 15) is 0 Å². The molecule has 1 aromatic rings. The van der Waals surface area contributed by atoms with Crippen LogP contribution in [0, 0.1) is 5.92 Å². The molecule has 0 amide bonds. The quantitative estimate of drug-likeness (QED) is 0.744. The Morgan fingerprint density at radius 1 is 1.12 bits per heavy atom. The third kappa shape index (κ3) is 3.33. The molecule has 0 saturated carbocycles. The molecule has 1 rings (SSSR count). The van der Waals surface area contributed by atoms with Crippen LogP contribution in [0.1, 0.15) is 56.3 Å². The molecular formula is C14H25NS. The van der Waals surface area contributed by atoms with Crippen molar-refractivity contribution in [1.29, 1.82) is 0 Å². The van der Waals surface area contributed by atoms with Crippen LogP contribution in [0.3, 0.4) is 0 Å². The fraction of sp³-hybridized carbons (Fsp3) is 0.714. The highest BCUT2D eigenvalue weighted by Crippen LogP contribution is 2.32. The summed E-state index contributed by atoms with van der Waals surface area (Å²) in [5, 5.41) is 3.65. The minimum absolute atomic E-state index is 0.560. The number of thiophene rings is 1. The van der Waals surface area contributed by atoms with E-state index < -0.39 is 0 Å². The van der Waals surface area contributed by atoms with E-state index in [2.05, 4.69) is 45.1 Å². The fourth-order valence-electron chi connectivity index (χ4n) is 2.23. The van der Waals surface area contributed by atoms with E-state index in [-0.39, 0.29) is 0 Å². The topological polar surface area (TPSA) is 12.0 Å². The molecule has 0 bridgehead atoms. The molecule has 0 aliphatic rings. The molecule has 16 heavy (non-hydrogen) atoms. The number of hydrogen-bond donors (Lipinski definition) is 1. The Morgan fingerprint density at radius 3 is 2.25 bits per heavy atom. The molecule has 0 aliphatic carbocycles. The lowest BCUT2D eigenvalue weighted by Crippen LogP contribution is -2.26. The Morgan fingerprint density at radius 2 is 1.81 bits per heavy atom. The molecule has 0 saturated heterocycles. The zero-order valence-corrected chi connectivity index (χ0v) is 11.9. The van der Waals surface area contributed by atoms with Gasteiger partial charge in [-0.3, -0.25) is 0 Å². The van der Waals surface area contributed by atoms with Gasteiger partial charge in [-0.15, -0.1) is 11.3 Å². The first kappa shape index (κ1) is 13.7. The lowest BCUT2D eigenvalue weighted by Gasteiger charge is -2.25. The Balaban J connectivity index is 2.82. The van der Waals surface area contributed by atoms with E-state index in [0.717, 1.165) is 18.9 Å². The second-order valence-electron chi connectivity index (χ2n) is 4.27. The SMILES string of the molecule is CCNC(c1ccc(CC)s1)C(CC)CC. The van der Waals surface area contributed by atoms with Crippen molar-refractivity contribution in [1.82, 2.24) is 5.32 Å². The van der Waals surface area contributed by atoms with Crippen molar-refractivity contribution in [2.24, 2.45) is 5.92 Å². The van der Waals surface area contributed by atoms with Gasteiger partial charge in [-0.2, -0.15) is 0 Å². The van der Waals surface area contributed by atoms with Gasteiger partial charge < -0.3 is 5.32 Å². The zero-order chi connectivity index (χ0) is 12.0.